The van der Waals surface area contributed by atoms with Crippen LogP contribution in [0.1, 0.15) is 20.8 Å². The molecule has 0 rings (SSSR count). The fourth-order valence-electron chi connectivity index (χ4n) is 0.826. The van der Waals surface area contributed by atoms with Gasteiger partial charge in [0.1, 0.15) is 4.32 Å². The molecular weight excluding hydrogens is 230 g/mol. The summed E-state index contributed by atoms with van der Waals surface area (Å²) in [5, 5.41) is 3.07. The fourth-order valence-corrected chi connectivity index (χ4v) is 1.17. The summed E-state index contributed by atoms with van der Waals surface area (Å²) in [6.45, 7) is 8.22. The molecule has 0 radical (unpaired) electrons. The minimum absolute atomic E-state index is 0.142. The molecule has 1 N–H and O–H groups in total. The monoisotopic (exact) mass is 251 g/mol. The van der Waals surface area contributed by atoms with Crippen molar-refractivity contribution in [1.82, 2.24) is 5.32 Å². The zero-order valence-electron chi connectivity index (χ0n) is 9.91. The summed E-state index contributed by atoms with van der Waals surface area (Å²) >= 11 is 6.52. The van der Waals surface area contributed by atoms with Gasteiger partial charge in [0.15, 0.2) is 6.29 Å². The summed E-state index contributed by atoms with van der Waals surface area (Å²) in [7, 11) is 0. The smallest absolute Gasteiger partial charge is 0.154 e. The molecule has 0 aromatic carbocycles. The first-order valence-electron chi connectivity index (χ1n) is 5.11. The van der Waals surface area contributed by atoms with Gasteiger partial charge in [0.05, 0.1) is 13.2 Å². The lowest BCUT2D eigenvalue weighted by Gasteiger charge is -2.15. The van der Waals surface area contributed by atoms with Crippen LogP contribution in [0.25, 0.3) is 0 Å². The van der Waals surface area contributed by atoms with Crippen molar-refractivity contribution < 1.29 is 9.47 Å². The molecule has 90 valence electrons. The number of hydrogen-bond donors (Lipinski definition) is 1. The average molecular weight is 251 g/mol. The van der Waals surface area contributed by atoms with Crippen LogP contribution in [0.4, 0.5) is 0 Å². The van der Waals surface area contributed by atoms with Gasteiger partial charge >= 0.3 is 0 Å². The van der Waals surface area contributed by atoms with Crippen molar-refractivity contribution >= 4 is 28.3 Å². The van der Waals surface area contributed by atoms with E-state index in [9.17, 15) is 0 Å². The molecular formula is C10H21NO2S2. The van der Waals surface area contributed by atoms with Crippen molar-refractivity contribution in [3.8, 4) is 0 Å². The van der Waals surface area contributed by atoms with Gasteiger partial charge in [-0.3, -0.25) is 0 Å². The van der Waals surface area contributed by atoms with E-state index in [0.717, 1.165) is 17.5 Å². The van der Waals surface area contributed by atoms with Crippen LogP contribution in [-0.4, -0.2) is 36.6 Å². The van der Waals surface area contributed by atoms with Crippen LogP contribution >= 0.6 is 24.0 Å². The van der Waals surface area contributed by atoms with Gasteiger partial charge in [-0.05, 0) is 19.1 Å². The van der Waals surface area contributed by atoms with Gasteiger partial charge in [-0.25, -0.2) is 0 Å². The molecule has 0 heterocycles. The van der Waals surface area contributed by atoms with Crippen LogP contribution in [0.3, 0.4) is 0 Å². The summed E-state index contributed by atoms with van der Waals surface area (Å²) in [4.78, 5) is 0. The standard InChI is InChI=1S/C10H21NO2S2/c1-8(2)7-13-9(3)12-6-5-11-10(14)15-4/h8-9H,5-7H2,1-4H3,(H,11,14). The number of nitrogens with one attached hydrogen (secondary N) is 1. The zero-order valence-corrected chi connectivity index (χ0v) is 11.5. The predicted molar refractivity (Wildman–Crippen MR) is 70.3 cm³/mol. The molecule has 0 spiro atoms. The molecule has 1 unspecified atom stereocenters. The van der Waals surface area contributed by atoms with Crippen molar-refractivity contribution in [2.75, 3.05) is 26.0 Å². The summed E-state index contributed by atoms with van der Waals surface area (Å²) in [5.74, 6) is 0.540. The topological polar surface area (TPSA) is 30.5 Å². The molecule has 5 heteroatoms. The molecule has 15 heavy (non-hydrogen) atoms. The highest BCUT2D eigenvalue weighted by molar-refractivity contribution is 8.22. The van der Waals surface area contributed by atoms with E-state index in [1.165, 1.54) is 11.8 Å². The van der Waals surface area contributed by atoms with Gasteiger partial charge in [-0.2, -0.15) is 0 Å². The fraction of sp³-hybridized carbons (Fsp3) is 0.900. The second kappa shape index (κ2) is 9.39. The second-order valence-corrected chi connectivity index (χ2v) is 5.07. The Balaban J connectivity index is 3.31. The van der Waals surface area contributed by atoms with Crippen LogP contribution in [-0.2, 0) is 9.47 Å². The molecule has 0 aliphatic carbocycles. The summed E-state index contributed by atoms with van der Waals surface area (Å²) in [6, 6.07) is 0. The van der Waals surface area contributed by atoms with E-state index in [0.29, 0.717) is 12.5 Å². The lowest BCUT2D eigenvalue weighted by atomic mass is 10.2. The van der Waals surface area contributed by atoms with Crippen molar-refractivity contribution in [3.63, 3.8) is 0 Å². The van der Waals surface area contributed by atoms with Gasteiger partial charge < -0.3 is 14.8 Å². The Morgan fingerprint density at radius 2 is 2.00 bits per heavy atom. The number of hydrogen-bond acceptors (Lipinski definition) is 4. The quantitative estimate of drug-likeness (QED) is 0.426. The van der Waals surface area contributed by atoms with Gasteiger partial charge in [0.2, 0.25) is 0 Å². The van der Waals surface area contributed by atoms with Crippen molar-refractivity contribution in [1.29, 1.82) is 0 Å². The van der Waals surface area contributed by atoms with Crippen LogP contribution in [0.15, 0.2) is 0 Å². The number of ether oxygens (including phenoxy) is 2. The Morgan fingerprint density at radius 1 is 1.33 bits per heavy atom. The van der Waals surface area contributed by atoms with Crippen LogP contribution in [0.5, 0.6) is 0 Å². The predicted octanol–water partition coefficient (Wildman–Crippen LogP) is 2.26. The maximum Gasteiger partial charge on any atom is 0.154 e. The maximum atomic E-state index is 5.45. The molecule has 1 atom stereocenters. The van der Waals surface area contributed by atoms with E-state index >= 15 is 0 Å². The van der Waals surface area contributed by atoms with Crippen LogP contribution < -0.4 is 5.32 Å². The molecule has 0 aromatic rings. The van der Waals surface area contributed by atoms with Crippen molar-refractivity contribution in [3.05, 3.63) is 0 Å². The maximum absolute atomic E-state index is 5.45. The number of thioether (sulfide) groups is 1. The molecule has 0 aliphatic rings. The molecule has 0 aliphatic heterocycles. The summed E-state index contributed by atoms with van der Waals surface area (Å²) in [5.41, 5.74) is 0. The Labute approximate surface area is 102 Å². The molecule has 0 bridgehead atoms. The third-order valence-corrected chi connectivity index (χ3v) is 2.73. The Kier molecular flexibility index (Phi) is 9.49. The largest absolute Gasteiger partial charge is 0.369 e. The first-order chi connectivity index (χ1) is 7.06. The highest BCUT2D eigenvalue weighted by atomic mass is 32.2. The molecule has 0 saturated carbocycles. The Bertz CT molecular complexity index is 177. The first-order valence-corrected chi connectivity index (χ1v) is 6.74. The van der Waals surface area contributed by atoms with E-state index in [4.69, 9.17) is 21.7 Å². The highest BCUT2D eigenvalue weighted by Gasteiger charge is 2.03. The van der Waals surface area contributed by atoms with Gasteiger partial charge in [-0.15, -0.1) is 11.8 Å². The van der Waals surface area contributed by atoms with Crippen LogP contribution in [0, 0.1) is 5.92 Å². The van der Waals surface area contributed by atoms with E-state index in [-0.39, 0.29) is 6.29 Å². The van der Waals surface area contributed by atoms with Gasteiger partial charge in [0.25, 0.3) is 0 Å². The third-order valence-electron chi connectivity index (χ3n) is 1.57. The SMILES string of the molecule is CSC(=S)NCCOC(C)OCC(C)C. The first kappa shape index (κ1) is 15.2. The van der Waals surface area contributed by atoms with Gasteiger partial charge in [0, 0.05) is 6.54 Å². The summed E-state index contributed by atoms with van der Waals surface area (Å²) < 4.78 is 11.7. The van der Waals surface area contributed by atoms with Crippen molar-refractivity contribution in [2.24, 2.45) is 5.92 Å². The Morgan fingerprint density at radius 3 is 2.53 bits per heavy atom. The van der Waals surface area contributed by atoms with Crippen molar-refractivity contribution in [2.45, 2.75) is 27.1 Å². The second-order valence-electron chi connectivity index (χ2n) is 3.58. The molecule has 0 amide bonds. The van der Waals surface area contributed by atoms with E-state index < -0.39 is 0 Å². The minimum atomic E-state index is -0.142. The summed E-state index contributed by atoms with van der Waals surface area (Å²) in [6.07, 6.45) is 1.81. The molecule has 0 saturated heterocycles. The normalized spacial score (nSPS) is 12.9. The molecule has 0 fully saturated rings. The number of rotatable bonds is 7. The lowest BCUT2D eigenvalue weighted by molar-refractivity contribution is -0.134. The highest BCUT2D eigenvalue weighted by Crippen LogP contribution is 1.99. The minimum Gasteiger partial charge on any atom is -0.369 e. The third kappa shape index (κ3) is 10.4. The molecule has 0 aromatic heterocycles. The van der Waals surface area contributed by atoms with Crippen LogP contribution in [0.2, 0.25) is 0 Å². The van der Waals surface area contributed by atoms with E-state index in [1.54, 1.807) is 0 Å². The van der Waals surface area contributed by atoms with Gasteiger partial charge in [-0.1, -0.05) is 26.1 Å². The average Bonchev–Trinajstić information content (AvgIpc) is 2.21. The Hall–Kier alpha value is 0.160. The number of thiocarbonyl (C=S) groups is 1. The zero-order chi connectivity index (χ0) is 11.7. The molecule has 3 nitrogen and oxygen atoms in total. The van der Waals surface area contributed by atoms with E-state index in [2.05, 4.69) is 19.2 Å². The lowest BCUT2D eigenvalue weighted by Crippen LogP contribution is -2.26. The van der Waals surface area contributed by atoms with E-state index in [1.807, 2.05) is 13.2 Å².